The van der Waals surface area contributed by atoms with Gasteiger partial charge in [-0.25, -0.2) is 0 Å². The van der Waals surface area contributed by atoms with Crippen LogP contribution in [-0.4, -0.2) is 42.9 Å². The minimum absolute atomic E-state index is 0.0204. The lowest BCUT2D eigenvalue weighted by Crippen LogP contribution is -2.50. The summed E-state index contributed by atoms with van der Waals surface area (Å²) in [4.78, 5) is 31.2. The number of benzene rings is 3. The van der Waals surface area contributed by atoms with Crippen LogP contribution in [0.5, 0.6) is 0 Å². The number of fused-ring (bicyclic) bond motifs is 1. The van der Waals surface area contributed by atoms with Crippen LogP contribution in [0.4, 0.5) is 5.69 Å². The second-order valence-electron chi connectivity index (χ2n) is 9.13. The molecule has 0 fully saturated rings. The van der Waals surface area contributed by atoms with Crippen LogP contribution < -0.4 is 10.2 Å². The quantitative estimate of drug-likeness (QED) is 0.486. The number of amides is 2. The van der Waals surface area contributed by atoms with Gasteiger partial charge in [0.15, 0.2) is 0 Å². The Kier molecular flexibility index (Phi) is 7.31. The molecule has 1 heterocycles. The number of anilines is 1. The van der Waals surface area contributed by atoms with Crippen LogP contribution in [0.15, 0.2) is 84.9 Å². The molecule has 1 N–H and O–H groups in total. The number of nitrogens with one attached hydrogen (secondary N) is 1. The van der Waals surface area contributed by atoms with Crippen molar-refractivity contribution < 1.29 is 9.59 Å². The molecule has 0 radical (unpaired) electrons. The largest absolute Gasteiger partial charge is 0.375 e. The van der Waals surface area contributed by atoms with E-state index in [1.807, 2.05) is 91.5 Å². The summed E-state index contributed by atoms with van der Waals surface area (Å²) < 4.78 is 0. The van der Waals surface area contributed by atoms with Gasteiger partial charge < -0.3 is 15.1 Å². The van der Waals surface area contributed by atoms with Gasteiger partial charge in [-0.15, -0.1) is 0 Å². The van der Waals surface area contributed by atoms with Gasteiger partial charge in [-0.2, -0.15) is 0 Å². The fraction of sp³-hybridized carbons (Fsp3) is 0.310. The van der Waals surface area contributed by atoms with E-state index in [9.17, 15) is 9.59 Å². The number of rotatable bonds is 8. The summed E-state index contributed by atoms with van der Waals surface area (Å²) in [5, 5.41) is 3.17. The highest BCUT2D eigenvalue weighted by atomic mass is 16.2. The second-order valence-corrected chi connectivity index (χ2v) is 9.13. The molecule has 5 heteroatoms. The van der Waals surface area contributed by atoms with Gasteiger partial charge in [-0.05, 0) is 49.6 Å². The molecule has 1 aliphatic heterocycles. The summed E-state index contributed by atoms with van der Waals surface area (Å²) in [5.41, 5.74) is 3.55. The molecule has 0 saturated carbocycles. The number of nitrogens with zero attached hydrogens (tertiary/aromatic N) is 2. The third-order valence-corrected chi connectivity index (χ3v) is 6.52. The van der Waals surface area contributed by atoms with Crippen molar-refractivity contribution in [2.24, 2.45) is 0 Å². The number of para-hydroxylation sites is 1. The van der Waals surface area contributed by atoms with Gasteiger partial charge in [0.2, 0.25) is 5.91 Å². The minimum atomic E-state index is -0.467. The first-order valence-corrected chi connectivity index (χ1v) is 12.0. The zero-order valence-electron chi connectivity index (χ0n) is 20.1. The first kappa shape index (κ1) is 23.6. The van der Waals surface area contributed by atoms with Gasteiger partial charge in [0.1, 0.15) is 0 Å². The molecule has 0 aromatic heterocycles. The zero-order valence-corrected chi connectivity index (χ0v) is 20.1. The highest BCUT2D eigenvalue weighted by molar-refractivity contribution is 6.01. The molecule has 1 aliphatic rings. The maximum atomic E-state index is 13.7. The van der Waals surface area contributed by atoms with Crippen molar-refractivity contribution in [1.29, 1.82) is 0 Å². The summed E-state index contributed by atoms with van der Waals surface area (Å²) in [7, 11) is 2.06. The lowest BCUT2D eigenvalue weighted by Gasteiger charge is -2.44. The third kappa shape index (κ3) is 4.84. The lowest BCUT2D eigenvalue weighted by atomic mass is 9.78. The summed E-state index contributed by atoms with van der Waals surface area (Å²) in [6.07, 6.45) is 0.828. The second kappa shape index (κ2) is 10.6. The predicted molar refractivity (Wildman–Crippen MR) is 137 cm³/mol. The van der Waals surface area contributed by atoms with Gasteiger partial charge in [0.25, 0.3) is 5.91 Å². The molecule has 0 spiro atoms. The molecule has 2 atom stereocenters. The Morgan fingerprint density at radius 2 is 1.56 bits per heavy atom. The van der Waals surface area contributed by atoms with E-state index in [0.717, 1.165) is 29.8 Å². The molecule has 0 unspecified atom stereocenters. The van der Waals surface area contributed by atoms with Crippen molar-refractivity contribution in [1.82, 2.24) is 10.2 Å². The molecule has 3 aromatic carbocycles. The predicted octanol–water partition coefficient (Wildman–Crippen LogP) is 5.02. The zero-order chi connectivity index (χ0) is 24.1. The SMILES string of the molecule is CC(C)N1C(=O)c2ccccc2[C@@H](C(=O)NCCCN(C)c2ccccc2)[C@@H]1c1ccccc1. The van der Waals surface area contributed by atoms with Crippen LogP contribution in [0, 0.1) is 0 Å². The Morgan fingerprint density at radius 1 is 0.941 bits per heavy atom. The van der Waals surface area contributed by atoms with Crippen molar-refractivity contribution in [2.45, 2.75) is 38.3 Å². The highest BCUT2D eigenvalue weighted by Crippen LogP contribution is 2.43. The topological polar surface area (TPSA) is 52.7 Å². The Morgan fingerprint density at radius 3 is 2.24 bits per heavy atom. The van der Waals surface area contributed by atoms with E-state index in [4.69, 9.17) is 0 Å². The van der Waals surface area contributed by atoms with Crippen molar-refractivity contribution in [3.05, 3.63) is 102 Å². The van der Waals surface area contributed by atoms with Crippen molar-refractivity contribution in [3.8, 4) is 0 Å². The Balaban J connectivity index is 1.56. The molecule has 2 amide bonds. The summed E-state index contributed by atoms with van der Waals surface area (Å²) in [6, 6.07) is 27.3. The smallest absolute Gasteiger partial charge is 0.254 e. The van der Waals surface area contributed by atoms with Crippen LogP contribution >= 0.6 is 0 Å². The van der Waals surface area contributed by atoms with Crippen LogP contribution in [-0.2, 0) is 4.79 Å². The molecule has 0 saturated heterocycles. The van der Waals surface area contributed by atoms with E-state index in [0.29, 0.717) is 12.1 Å². The average Bonchev–Trinajstić information content (AvgIpc) is 2.87. The minimum Gasteiger partial charge on any atom is -0.375 e. The van der Waals surface area contributed by atoms with Gasteiger partial charge in [0.05, 0.1) is 12.0 Å². The van der Waals surface area contributed by atoms with Crippen LogP contribution in [0.3, 0.4) is 0 Å². The van der Waals surface area contributed by atoms with E-state index in [1.54, 1.807) is 0 Å². The number of hydrogen-bond acceptors (Lipinski definition) is 3. The van der Waals surface area contributed by atoms with E-state index >= 15 is 0 Å². The van der Waals surface area contributed by atoms with Crippen LogP contribution in [0.1, 0.15) is 53.7 Å². The van der Waals surface area contributed by atoms with E-state index in [2.05, 4.69) is 29.4 Å². The van der Waals surface area contributed by atoms with Crippen LogP contribution in [0.25, 0.3) is 0 Å². The lowest BCUT2D eigenvalue weighted by molar-refractivity contribution is -0.124. The van der Waals surface area contributed by atoms with E-state index in [1.165, 1.54) is 0 Å². The molecular weight excluding hydrogens is 422 g/mol. The monoisotopic (exact) mass is 455 g/mol. The Bertz CT molecular complexity index is 1110. The Labute approximate surface area is 202 Å². The summed E-state index contributed by atoms with van der Waals surface area (Å²) in [6.45, 7) is 5.43. The van der Waals surface area contributed by atoms with Crippen molar-refractivity contribution >= 4 is 17.5 Å². The maximum absolute atomic E-state index is 13.7. The van der Waals surface area contributed by atoms with Crippen molar-refractivity contribution in [3.63, 3.8) is 0 Å². The third-order valence-electron chi connectivity index (χ3n) is 6.52. The molecular formula is C29H33N3O2. The molecule has 3 aromatic rings. The molecule has 176 valence electrons. The fourth-order valence-electron chi connectivity index (χ4n) is 4.85. The number of hydrogen-bond donors (Lipinski definition) is 1. The molecule has 5 nitrogen and oxygen atoms in total. The van der Waals surface area contributed by atoms with Gasteiger partial charge in [-0.3, -0.25) is 9.59 Å². The number of carbonyl (C=O) groups is 2. The normalized spacial score (nSPS) is 17.4. The van der Waals surface area contributed by atoms with Crippen molar-refractivity contribution in [2.75, 3.05) is 25.0 Å². The average molecular weight is 456 g/mol. The summed E-state index contributed by atoms with van der Waals surface area (Å²) >= 11 is 0. The molecule has 0 aliphatic carbocycles. The van der Waals surface area contributed by atoms with Gasteiger partial charge >= 0.3 is 0 Å². The van der Waals surface area contributed by atoms with Crippen LogP contribution in [0.2, 0.25) is 0 Å². The standard InChI is InChI=1S/C29H33N3O2/c1-21(2)32-27(22-13-6-4-7-14-22)26(24-17-10-11-18-25(24)29(32)34)28(33)30-19-12-20-31(3)23-15-8-5-9-16-23/h4-11,13-18,21,26-27H,12,19-20H2,1-3H3,(H,30,33)/t26-,27+/m1/s1. The van der Waals surface area contributed by atoms with Gasteiger partial charge in [-0.1, -0.05) is 66.7 Å². The maximum Gasteiger partial charge on any atom is 0.254 e. The molecule has 4 rings (SSSR count). The fourth-order valence-corrected chi connectivity index (χ4v) is 4.85. The first-order chi connectivity index (χ1) is 16.5. The number of carbonyl (C=O) groups excluding carboxylic acids is 2. The highest BCUT2D eigenvalue weighted by Gasteiger charge is 2.44. The Hall–Kier alpha value is -3.60. The van der Waals surface area contributed by atoms with Gasteiger partial charge in [0, 0.05) is 37.4 Å². The molecule has 0 bridgehead atoms. The van der Waals surface area contributed by atoms with E-state index < -0.39 is 5.92 Å². The van der Waals surface area contributed by atoms with E-state index in [-0.39, 0.29) is 23.9 Å². The first-order valence-electron chi connectivity index (χ1n) is 12.0. The molecule has 34 heavy (non-hydrogen) atoms. The summed E-state index contributed by atoms with van der Waals surface area (Å²) in [5.74, 6) is -0.527.